The molecule has 0 spiro atoms. The third-order valence-corrected chi connectivity index (χ3v) is 4.89. The summed E-state index contributed by atoms with van der Waals surface area (Å²) in [7, 11) is 0. The van der Waals surface area contributed by atoms with Gasteiger partial charge in [-0.1, -0.05) is 53.0 Å². The molecule has 0 aliphatic heterocycles. The Labute approximate surface area is 176 Å². The molecule has 1 aromatic heterocycles. The molecule has 0 saturated carbocycles. The van der Waals surface area contributed by atoms with Gasteiger partial charge in [0.1, 0.15) is 10.2 Å². The van der Waals surface area contributed by atoms with Crippen molar-refractivity contribution in [2.75, 3.05) is 0 Å². The number of aromatic nitrogens is 2. The normalized spacial score (nSPS) is 11.5. The third-order valence-electron chi connectivity index (χ3n) is 3.64. The van der Waals surface area contributed by atoms with Gasteiger partial charge in [0.2, 0.25) is 0 Å². The summed E-state index contributed by atoms with van der Waals surface area (Å²) in [5.41, 5.74) is 1.06. The average Bonchev–Trinajstić information content (AvgIpc) is 2.91. The topological polar surface area (TPSA) is 17.8 Å². The van der Waals surface area contributed by atoms with Crippen LogP contribution in [0.3, 0.4) is 0 Å². The summed E-state index contributed by atoms with van der Waals surface area (Å²) < 4.78 is 41.0. The van der Waals surface area contributed by atoms with Crippen LogP contribution in [0.5, 0.6) is 0 Å². The molecule has 2 nitrogen and oxygen atoms in total. The largest absolute Gasteiger partial charge is 0.416 e. The Morgan fingerprint density at radius 2 is 1.74 bits per heavy atom. The Kier molecular flexibility index (Phi) is 5.91. The Morgan fingerprint density at radius 1 is 1.07 bits per heavy atom. The van der Waals surface area contributed by atoms with E-state index in [1.807, 2.05) is 0 Å². The van der Waals surface area contributed by atoms with Gasteiger partial charge in [-0.3, -0.25) is 0 Å². The van der Waals surface area contributed by atoms with Gasteiger partial charge in [0.15, 0.2) is 0 Å². The first kappa shape index (κ1) is 20.3. The van der Waals surface area contributed by atoms with Gasteiger partial charge in [-0.2, -0.15) is 18.3 Å². The van der Waals surface area contributed by atoms with E-state index < -0.39 is 11.7 Å². The van der Waals surface area contributed by atoms with Gasteiger partial charge in [0.05, 0.1) is 21.4 Å². The van der Waals surface area contributed by atoms with Gasteiger partial charge in [-0.05, 0) is 52.3 Å². The molecule has 27 heavy (non-hydrogen) atoms. The van der Waals surface area contributed by atoms with E-state index in [1.54, 1.807) is 24.3 Å². The first-order valence-electron chi connectivity index (χ1n) is 7.41. The molecule has 140 valence electrons. The number of hydrogen-bond acceptors (Lipinski definition) is 1. The first-order chi connectivity index (χ1) is 12.7. The lowest BCUT2D eigenvalue weighted by atomic mass is 10.1. The highest BCUT2D eigenvalue weighted by Crippen LogP contribution is 2.36. The quantitative estimate of drug-likeness (QED) is 0.363. The van der Waals surface area contributed by atoms with E-state index in [2.05, 4.69) is 21.0 Å². The monoisotopic (exact) mass is 494 g/mol. The molecular weight excluding hydrogens is 487 g/mol. The van der Waals surface area contributed by atoms with Crippen molar-refractivity contribution in [3.8, 4) is 16.9 Å². The van der Waals surface area contributed by atoms with Crippen molar-refractivity contribution in [2.45, 2.75) is 6.18 Å². The molecule has 0 bridgehead atoms. The molecule has 2 aromatic carbocycles. The first-order valence-corrected chi connectivity index (χ1v) is 9.34. The summed E-state index contributed by atoms with van der Waals surface area (Å²) in [5, 5.41) is 5.01. The highest BCUT2D eigenvalue weighted by Gasteiger charge is 2.31. The second kappa shape index (κ2) is 7.87. The molecule has 0 unspecified atom stereocenters. The van der Waals surface area contributed by atoms with Crippen molar-refractivity contribution in [3.05, 3.63) is 73.8 Å². The summed E-state index contributed by atoms with van der Waals surface area (Å²) in [6.45, 7) is 0. The summed E-state index contributed by atoms with van der Waals surface area (Å²) in [5.74, 6) is 0. The summed E-state index contributed by atoms with van der Waals surface area (Å²) in [4.78, 5) is 0. The fourth-order valence-electron chi connectivity index (χ4n) is 2.44. The second-order valence-corrected chi connectivity index (χ2v) is 7.69. The van der Waals surface area contributed by atoms with Gasteiger partial charge < -0.3 is 0 Å². The molecule has 0 aliphatic rings. The van der Waals surface area contributed by atoms with Crippen LogP contribution in [-0.4, -0.2) is 9.78 Å². The van der Waals surface area contributed by atoms with E-state index in [4.69, 9.17) is 34.8 Å². The lowest BCUT2D eigenvalue weighted by molar-refractivity contribution is -0.137. The lowest BCUT2D eigenvalue weighted by Crippen LogP contribution is -2.07. The predicted octanol–water partition coefficient (Wildman–Crippen LogP) is 7.75. The van der Waals surface area contributed by atoms with Crippen LogP contribution in [0.4, 0.5) is 13.2 Å². The molecule has 3 rings (SSSR count). The molecule has 0 saturated heterocycles. The molecular formula is C18H9BrCl3F3N2. The molecule has 0 atom stereocenters. The van der Waals surface area contributed by atoms with Crippen LogP contribution >= 0.6 is 50.7 Å². The van der Waals surface area contributed by atoms with Crippen LogP contribution in [0.1, 0.15) is 11.3 Å². The van der Waals surface area contributed by atoms with Crippen molar-refractivity contribution in [3.63, 3.8) is 0 Å². The fraction of sp³-hybridized carbons (Fsp3) is 0.0556. The second-order valence-electron chi connectivity index (χ2n) is 5.45. The maximum absolute atomic E-state index is 13.1. The fourth-order valence-corrected chi connectivity index (χ4v) is 3.37. The van der Waals surface area contributed by atoms with E-state index in [9.17, 15) is 13.2 Å². The van der Waals surface area contributed by atoms with E-state index >= 15 is 0 Å². The zero-order valence-electron chi connectivity index (χ0n) is 13.2. The smallest absolute Gasteiger partial charge is 0.232 e. The van der Waals surface area contributed by atoms with Crippen molar-refractivity contribution >= 4 is 56.8 Å². The third kappa shape index (κ3) is 4.51. The Bertz CT molecular complexity index is 1010. The number of alkyl halides is 3. The van der Waals surface area contributed by atoms with E-state index in [0.717, 1.165) is 17.7 Å². The summed E-state index contributed by atoms with van der Waals surface area (Å²) in [6, 6.07) is 11.7. The minimum atomic E-state index is -4.47. The summed E-state index contributed by atoms with van der Waals surface area (Å²) >= 11 is 20.9. The van der Waals surface area contributed by atoms with Crippen molar-refractivity contribution in [1.29, 1.82) is 0 Å². The number of benzene rings is 2. The minimum absolute atomic E-state index is 0.0634. The van der Waals surface area contributed by atoms with Gasteiger partial charge >= 0.3 is 6.18 Å². The number of rotatable bonds is 3. The molecule has 0 fully saturated rings. The van der Waals surface area contributed by atoms with Gasteiger partial charge in [-0.25, -0.2) is 4.68 Å². The molecule has 1 heterocycles. The Hall–Kier alpha value is -1.47. The van der Waals surface area contributed by atoms with E-state index in [1.165, 1.54) is 22.9 Å². The maximum atomic E-state index is 13.1. The highest BCUT2D eigenvalue weighted by atomic mass is 79.9. The van der Waals surface area contributed by atoms with Crippen molar-refractivity contribution in [1.82, 2.24) is 9.78 Å². The Balaban J connectivity index is 2.22. The van der Waals surface area contributed by atoms with Crippen molar-refractivity contribution in [2.24, 2.45) is 0 Å². The van der Waals surface area contributed by atoms with Crippen molar-refractivity contribution < 1.29 is 13.2 Å². The minimum Gasteiger partial charge on any atom is -0.232 e. The lowest BCUT2D eigenvalue weighted by Gasteiger charge is -2.10. The summed E-state index contributed by atoms with van der Waals surface area (Å²) in [6.07, 6.45) is -3.07. The molecule has 0 amide bonds. The average molecular weight is 497 g/mol. The van der Waals surface area contributed by atoms with Crippen LogP contribution < -0.4 is 0 Å². The van der Waals surface area contributed by atoms with Crippen LogP contribution in [-0.2, 0) is 6.18 Å². The molecule has 3 aromatic rings. The molecule has 9 heteroatoms. The van der Waals surface area contributed by atoms with E-state index in [-0.39, 0.29) is 10.2 Å². The SMILES string of the molecule is FC(F)(F)c1cccc(-n2nc(-c3ccc(Cl)cc3)c(Br)c2C=C(Cl)Cl)c1. The molecule has 0 radical (unpaired) electrons. The van der Waals surface area contributed by atoms with Gasteiger partial charge in [0, 0.05) is 10.6 Å². The van der Waals surface area contributed by atoms with Crippen LogP contribution in [0.25, 0.3) is 23.0 Å². The maximum Gasteiger partial charge on any atom is 0.416 e. The van der Waals surface area contributed by atoms with Crippen LogP contribution in [0.15, 0.2) is 57.5 Å². The number of hydrogen-bond donors (Lipinski definition) is 0. The zero-order valence-corrected chi connectivity index (χ0v) is 17.1. The number of nitrogens with zero attached hydrogens (tertiary/aromatic N) is 2. The van der Waals surface area contributed by atoms with E-state index in [0.29, 0.717) is 20.9 Å². The number of halogens is 7. The zero-order chi connectivity index (χ0) is 19.8. The molecule has 0 aliphatic carbocycles. The molecule has 0 N–H and O–H groups in total. The van der Waals surface area contributed by atoms with Gasteiger partial charge in [0.25, 0.3) is 0 Å². The van der Waals surface area contributed by atoms with Crippen LogP contribution in [0.2, 0.25) is 5.02 Å². The van der Waals surface area contributed by atoms with Gasteiger partial charge in [-0.15, -0.1) is 0 Å². The van der Waals surface area contributed by atoms with Crippen LogP contribution in [0, 0.1) is 0 Å². The Morgan fingerprint density at radius 3 is 2.33 bits per heavy atom. The predicted molar refractivity (Wildman–Crippen MR) is 106 cm³/mol. The highest BCUT2D eigenvalue weighted by molar-refractivity contribution is 9.10. The standard InChI is InChI=1S/C18H9BrCl3F3N2/c19-16-14(9-15(21)22)27(13-3-1-2-11(8-13)18(23,24)25)26-17(16)10-4-6-12(20)7-5-10/h1-9H.